The van der Waals surface area contributed by atoms with Crippen LogP contribution >= 0.6 is 0 Å². The Bertz CT molecular complexity index is 2110. The summed E-state index contributed by atoms with van der Waals surface area (Å²) in [6.45, 7) is 7.62. The van der Waals surface area contributed by atoms with Crippen molar-refractivity contribution in [3.05, 3.63) is 76.1 Å². The number of nitrogens with one attached hydrogen (secondary N) is 2. The molecular weight excluding hydrogens is 653 g/mol. The van der Waals surface area contributed by atoms with E-state index in [1.807, 2.05) is 4.90 Å². The summed E-state index contributed by atoms with van der Waals surface area (Å²) >= 11 is 0. The molecule has 14 heteroatoms. The fourth-order valence-corrected chi connectivity index (χ4v) is 5.93. The van der Waals surface area contributed by atoms with Gasteiger partial charge >= 0.3 is 6.18 Å². The van der Waals surface area contributed by atoms with Gasteiger partial charge in [0.05, 0.1) is 39.6 Å². The van der Waals surface area contributed by atoms with Crippen molar-refractivity contribution >= 4 is 40.9 Å². The normalized spacial score (nSPS) is 17.7. The Labute approximate surface area is 285 Å². The van der Waals surface area contributed by atoms with Crippen LogP contribution in [0.2, 0.25) is 0 Å². The van der Waals surface area contributed by atoms with E-state index in [0.717, 1.165) is 22.7 Å². The molecule has 1 unspecified atom stereocenters. The van der Waals surface area contributed by atoms with Gasteiger partial charge in [0.2, 0.25) is 11.8 Å². The van der Waals surface area contributed by atoms with E-state index in [0.29, 0.717) is 24.3 Å². The molecule has 1 aromatic heterocycles. The number of benzene rings is 2. The third kappa shape index (κ3) is 6.20. The fraction of sp³-hybridized carbons (Fsp3) is 0.333. The second-order valence-corrected chi connectivity index (χ2v) is 12.8. The second-order valence-electron chi connectivity index (χ2n) is 12.8. The fourth-order valence-electron chi connectivity index (χ4n) is 5.93. The molecule has 2 fully saturated rings. The van der Waals surface area contributed by atoms with Crippen LogP contribution < -0.4 is 15.5 Å². The molecule has 5 amide bonds. The van der Waals surface area contributed by atoms with Gasteiger partial charge in [0.15, 0.2) is 0 Å². The molecule has 11 nitrogen and oxygen atoms in total. The van der Waals surface area contributed by atoms with Crippen molar-refractivity contribution in [2.24, 2.45) is 5.92 Å². The van der Waals surface area contributed by atoms with Crippen LogP contribution in [-0.4, -0.2) is 63.3 Å². The average molecular weight is 685 g/mol. The van der Waals surface area contributed by atoms with E-state index < -0.39 is 52.9 Å². The lowest BCUT2D eigenvalue weighted by molar-refractivity contribution is -0.138. The van der Waals surface area contributed by atoms with Gasteiger partial charge in [0, 0.05) is 37.0 Å². The lowest BCUT2D eigenvalue weighted by atomic mass is 9.98. The van der Waals surface area contributed by atoms with Crippen molar-refractivity contribution < 1.29 is 37.1 Å². The molecule has 2 saturated heterocycles. The number of aryl methyl sites for hydroxylation is 1. The van der Waals surface area contributed by atoms with Crippen LogP contribution in [0.1, 0.15) is 76.7 Å². The lowest BCUT2D eigenvalue weighted by Gasteiger charge is -2.38. The third-order valence-corrected chi connectivity index (χ3v) is 8.96. The van der Waals surface area contributed by atoms with Gasteiger partial charge in [-0.1, -0.05) is 17.8 Å². The van der Waals surface area contributed by atoms with Crippen LogP contribution in [0.3, 0.4) is 0 Å². The Balaban J connectivity index is 1.10. The zero-order chi connectivity index (χ0) is 36.1. The Morgan fingerprint density at radius 1 is 0.980 bits per heavy atom. The van der Waals surface area contributed by atoms with Crippen molar-refractivity contribution in [3.8, 4) is 23.7 Å². The first-order valence-corrected chi connectivity index (χ1v) is 15.7. The van der Waals surface area contributed by atoms with Crippen molar-refractivity contribution in [2.45, 2.75) is 58.3 Å². The molecule has 1 atom stereocenters. The van der Waals surface area contributed by atoms with Gasteiger partial charge in [0.25, 0.3) is 17.7 Å². The summed E-state index contributed by atoms with van der Waals surface area (Å²) in [5.74, 6) is 8.79. The largest absolute Gasteiger partial charge is 0.416 e. The van der Waals surface area contributed by atoms with Crippen LogP contribution in [0.15, 0.2) is 42.6 Å². The van der Waals surface area contributed by atoms with Crippen molar-refractivity contribution in [2.75, 3.05) is 23.3 Å². The van der Waals surface area contributed by atoms with E-state index >= 15 is 0 Å². The molecule has 3 aliphatic heterocycles. The van der Waals surface area contributed by atoms with Crippen molar-refractivity contribution in [3.63, 3.8) is 0 Å². The Morgan fingerprint density at radius 2 is 1.70 bits per heavy atom. The van der Waals surface area contributed by atoms with Gasteiger partial charge in [-0.05, 0) is 70.5 Å². The monoisotopic (exact) mass is 684 g/mol. The molecule has 0 aliphatic carbocycles. The Morgan fingerprint density at radius 3 is 2.38 bits per heavy atom. The van der Waals surface area contributed by atoms with Gasteiger partial charge in [-0.15, -0.1) is 5.92 Å². The van der Waals surface area contributed by atoms with Crippen LogP contribution in [0.5, 0.6) is 0 Å². The minimum atomic E-state index is -4.55. The minimum Gasteiger partial charge on any atom is -0.369 e. The molecule has 4 heterocycles. The number of hydrogen-bond donors (Lipinski definition) is 2. The van der Waals surface area contributed by atoms with Crippen LogP contribution in [0.4, 0.5) is 24.5 Å². The number of carbonyl (C=O) groups excluding carboxylic acids is 5. The number of fused-ring (bicyclic) bond motifs is 1. The van der Waals surface area contributed by atoms with E-state index in [1.165, 1.54) is 17.7 Å². The number of halogens is 3. The molecule has 6 rings (SSSR count). The van der Waals surface area contributed by atoms with Crippen LogP contribution in [-0.2, 0) is 26.1 Å². The van der Waals surface area contributed by atoms with Crippen LogP contribution in [0.25, 0.3) is 0 Å². The summed E-state index contributed by atoms with van der Waals surface area (Å²) in [4.78, 5) is 66.4. The number of imide groups is 2. The van der Waals surface area contributed by atoms with Crippen molar-refractivity contribution in [1.29, 1.82) is 0 Å². The average Bonchev–Trinajstić information content (AvgIpc) is 3.53. The zero-order valence-corrected chi connectivity index (χ0v) is 27.5. The summed E-state index contributed by atoms with van der Waals surface area (Å²) in [5.41, 5.74) is 0.408. The van der Waals surface area contributed by atoms with Gasteiger partial charge in [0.1, 0.15) is 11.6 Å². The molecule has 2 N–H and O–H groups in total. The number of rotatable bonds is 5. The number of piperidine rings is 1. The predicted molar refractivity (Wildman–Crippen MR) is 175 cm³/mol. The van der Waals surface area contributed by atoms with E-state index in [4.69, 9.17) is 0 Å². The predicted octanol–water partition coefficient (Wildman–Crippen LogP) is 3.84. The molecule has 50 heavy (non-hydrogen) atoms. The van der Waals surface area contributed by atoms with E-state index in [1.54, 1.807) is 45.2 Å². The smallest absolute Gasteiger partial charge is 0.369 e. The Hall–Kier alpha value is -5.89. The number of aromatic nitrogens is 2. The first kappa shape index (κ1) is 34.0. The topological polar surface area (TPSA) is 134 Å². The summed E-state index contributed by atoms with van der Waals surface area (Å²) in [5, 5.41) is 9.37. The zero-order valence-electron chi connectivity index (χ0n) is 27.5. The number of hydrogen-bond acceptors (Lipinski definition) is 7. The summed E-state index contributed by atoms with van der Waals surface area (Å²) in [6, 6.07) is 6.88. The highest BCUT2D eigenvalue weighted by atomic mass is 19.4. The first-order chi connectivity index (χ1) is 23.6. The highest BCUT2D eigenvalue weighted by Gasteiger charge is 2.45. The third-order valence-electron chi connectivity index (χ3n) is 8.96. The van der Waals surface area contributed by atoms with Crippen LogP contribution in [0, 0.1) is 36.5 Å². The first-order valence-electron chi connectivity index (χ1n) is 15.7. The van der Waals surface area contributed by atoms with Crippen molar-refractivity contribution in [1.82, 2.24) is 20.0 Å². The molecule has 3 aromatic rings. The van der Waals surface area contributed by atoms with Gasteiger partial charge < -0.3 is 10.2 Å². The standard InChI is InChI=1S/C36H31F3N6O5/c1-5-6-22-15-24(36(37,38)39)9-12-28(22)40-34(50)35(3,4)44-19-23(20(2)42-44)8-7-21-17-43(18-21)25-10-11-26-27(16-25)33(49)45(32(26)48)29-13-14-30(46)41-31(29)47/h9-12,15-16,19,21,29H,13-14,17-18H2,1-4H3,(H,40,50)(H,41,46,47). The maximum absolute atomic E-state index is 13.4. The molecule has 0 saturated carbocycles. The molecule has 0 radical (unpaired) electrons. The number of alkyl halides is 3. The molecule has 3 aliphatic rings. The molecule has 0 bridgehead atoms. The van der Waals surface area contributed by atoms with Gasteiger partial charge in [-0.3, -0.25) is 38.9 Å². The molecule has 0 spiro atoms. The Kier molecular flexibility index (Phi) is 8.52. The summed E-state index contributed by atoms with van der Waals surface area (Å²) < 4.78 is 41.2. The maximum Gasteiger partial charge on any atom is 0.416 e. The molecule has 2 aromatic carbocycles. The second kappa shape index (κ2) is 12.5. The highest BCUT2D eigenvalue weighted by Crippen LogP contribution is 2.34. The van der Waals surface area contributed by atoms with Gasteiger partial charge in [-0.25, -0.2) is 0 Å². The maximum atomic E-state index is 13.4. The molecular formula is C36H31F3N6O5. The quantitative estimate of drug-likeness (QED) is 0.308. The molecule has 256 valence electrons. The van der Waals surface area contributed by atoms with E-state index in [2.05, 4.69) is 39.4 Å². The highest BCUT2D eigenvalue weighted by molar-refractivity contribution is 6.23. The number of nitrogens with zero attached hydrogens (tertiary/aromatic N) is 4. The summed E-state index contributed by atoms with van der Waals surface area (Å²) in [7, 11) is 0. The number of amides is 5. The number of anilines is 2. The van der Waals surface area contributed by atoms with E-state index in [9.17, 15) is 37.1 Å². The number of carbonyl (C=O) groups is 5. The van der Waals surface area contributed by atoms with E-state index in [-0.39, 0.29) is 41.1 Å². The summed E-state index contributed by atoms with van der Waals surface area (Å²) in [6.07, 6.45) is -2.78. The van der Waals surface area contributed by atoms with Gasteiger partial charge in [-0.2, -0.15) is 18.3 Å². The lowest BCUT2D eigenvalue weighted by Crippen LogP contribution is -2.54. The minimum absolute atomic E-state index is 0.0163. The SMILES string of the molecule is CC#Cc1cc(C(F)(F)F)ccc1NC(=O)C(C)(C)n1cc(C#CC2CN(c3ccc4c(c3)C(=O)N(C3CCC(=O)NC3=O)C4=O)C2)c(C)n1.